The van der Waals surface area contributed by atoms with Crippen molar-refractivity contribution in [2.24, 2.45) is 0 Å². The highest BCUT2D eigenvalue weighted by Crippen LogP contribution is 2.18. The molecule has 1 aliphatic heterocycles. The fraction of sp³-hybridized carbons (Fsp3) is 0.391. The van der Waals surface area contributed by atoms with E-state index in [4.69, 9.17) is 4.74 Å². The lowest BCUT2D eigenvalue weighted by Gasteiger charge is -2.35. The van der Waals surface area contributed by atoms with Gasteiger partial charge in [0.25, 0.3) is 5.91 Å². The Balaban J connectivity index is 1.45. The van der Waals surface area contributed by atoms with Gasteiger partial charge in [0.1, 0.15) is 5.75 Å². The maximum absolute atomic E-state index is 12.6. The Morgan fingerprint density at radius 3 is 2.38 bits per heavy atom. The standard InChI is InChI=1S/C23H29N3O3/c1-17-8-7-11-21(18(17)2)24-22(27)16-25-12-14-26(15-13-25)23(28)19(3)29-20-9-5-4-6-10-20/h4-11,19H,12-16H2,1-3H3,(H,24,27). The van der Waals surface area contributed by atoms with Gasteiger partial charge in [0, 0.05) is 31.9 Å². The summed E-state index contributed by atoms with van der Waals surface area (Å²) in [6, 6.07) is 15.3. The zero-order chi connectivity index (χ0) is 20.8. The monoisotopic (exact) mass is 395 g/mol. The van der Waals surface area contributed by atoms with Gasteiger partial charge in [0.15, 0.2) is 6.10 Å². The van der Waals surface area contributed by atoms with E-state index in [-0.39, 0.29) is 11.8 Å². The molecule has 2 aromatic carbocycles. The van der Waals surface area contributed by atoms with E-state index in [9.17, 15) is 9.59 Å². The van der Waals surface area contributed by atoms with Crippen LogP contribution in [0.25, 0.3) is 0 Å². The third kappa shape index (κ3) is 5.57. The van der Waals surface area contributed by atoms with E-state index in [0.717, 1.165) is 16.8 Å². The first-order valence-corrected chi connectivity index (χ1v) is 10.0. The number of nitrogens with zero attached hydrogens (tertiary/aromatic N) is 2. The number of aryl methyl sites for hydroxylation is 1. The lowest BCUT2D eigenvalue weighted by Crippen LogP contribution is -2.53. The van der Waals surface area contributed by atoms with Crippen LogP contribution in [-0.4, -0.2) is 60.4 Å². The molecular formula is C23H29N3O3. The van der Waals surface area contributed by atoms with Crippen molar-refractivity contribution in [1.29, 1.82) is 0 Å². The van der Waals surface area contributed by atoms with E-state index in [1.807, 2.05) is 67.3 Å². The van der Waals surface area contributed by atoms with Crippen LogP contribution in [0.2, 0.25) is 0 Å². The van der Waals surface area contributed by atoms with Crippen LogP contribution in [0.3, 0.4) is 0 Å². The molecule has 1 saturated heterocycles. The third-order valence-corrected chi connectivity index (χ3v) is 5.33. The summed E-state index contributed by atoms with van der Waals surface area (Å²) in [6.45, 7) is 8.67. The number of rotatable bonds is 6. The number of nitrogens with one attached hydrogen (secondary N) is 1. The average Bonchev–Trinajstić information content (AvgIpc) is 2.72. The molecule has 1 N–H and O–H groups in total. The van der Waals surface area contributed by atoms with Gasteiger partial charge in [-0.2, -0.15) is 0 Å². The SMILES string of the molecule is Cc1cccc(NC(=O)CN2CCN(C(=O)C(C)Oc3ccccc3)CC2)c1C. The first kappa shape index (κ1) is 20.9. The van der Waals surface area contributed by atoms with Crippen molar-refractivity contribution < 1.29 is 14.3 Å². The first-order chi connectivity index (χ1) is 13.9. The van der Waals surface area contributed by atoms with Crippen LogP contribution in [0.4, 0.5) is 5.69 Å². The van der Waals surface area contributed by atoms with E-state index in [0.29, 0.717) is 38.5 Å². The molecule has 29 heavy (non-hydrogen) atoms. The highest BCUT2D eigenvalue weighted by molar-refractivity contribution is 5.93. The highest BCUT2D eigenvalue weighted by Gasteiger charge is 2.26. The number of carbonyl (C=O) groups excluding carboxylic acids is 2. The largest absolute Gasteiger partial charge is 0.481 e. The molecule has 0 spiro atoms. The number of piperazine rings is 1. The zero-order valence-electron chi connectivity index (χ0n) is 17.4. The second-order valence-electron chi connectivity index (χ2n) is 7.47. The molecule has 1 atom stereocenters. The highest BCUT2D eigenvalue weighted by atomic mass is 16.5. The quantitative estimate of drug-likeness (QED) is 0.817. The lowest BCUT2D eigenvalue weighted by molar-refractivity contribution is -0.139. The fourth-order valence-electron chi connectivity index (χ4n) is 3.42. The number of carbonyl (C=O) groups is 2. The van der Waals surface area contributed by atoms with Gasteiger partial charge in [-0.1, -0.05) is 30.3 Å². The second kappa shape index (κ2) is 9.56. The Hall–Kier alpha value is -2.86. The smallest absolute Gasteiger partial charge is 0.263 e. The first-order valence-electron chi connectivity index (χ1n) is 10.0. The Labute approximate surface area is 172 Å². The van der Waals surface area contributed by atoms with Gasteiger partial charge < -0.3 is 15.0 Å². The van der Waals surface area contributed by atoms with Crippen molar-refractivity contribution in [2.45, 2.75) is 26.9 Å². The van der Waals surface area contributed by atoms with E-state index in [1.165, 1.54) is 0 Å². The Morgan fingerprint density at radius 1 is 1.00 bits per heavy atom. The minimum atomic E-state index is -0.531. The molecule has 6 nitrogen and oxygen atoms in total. The molecule has 1 fully saturated rings. The molecule has 0 aromatic heterocycles. The Kier molecular flexibility index (Phi) is 6.88. The molecule has 0 bridgehead atoms. The number of ether oxygens (including phenoxy) is 1. The van der Waals surface area contributed by atoms with Gasteiger partial charge in [0.05, 0.1) is 6.54 Å². The molecule has 6 heteroatoms. The molecule has 3 rings (SSSR count). The average molecular weight is 396 g/mol. The summed E-state index contributed by atoms with van der Waals surface area (Å²) in [5.74, 6) is 0.641. The van der Waals surface area contributed by atoms with Gasteiger partial charge in [0.2, 0.25) is 5.91 Å². The summed E-state index contributed by atoms with van der Waals surface area (Å²) >= 11 is 0. The molecule has 0 radical (unpaired) electrons. The fourth-order valence-corrected chi connectivity index (χ4v) is 3.42. The van der Waals surface area contributed by atoms with Crippen molar-refractivity contribution in [3.8, 4) is 5.75 Å². The molecular weight excluding hydrogens is 366 g/mol. The predicted octanol–water partition coefficient (Wildman–Crippen LogP) is 2.85. The van der Waals surface area contributed by atoms with Crippen molar-refractivity contribution in [3.63, 3.8) is 0 Å². The van der Waals surface area contributed by atoms with Gasteiger partial charge in [-0.25, -0.2) is 0 Å². The topological polar surface area (TPSA) is 61.9 Å². The van der Waals surface area contributed by atoms with Crippen molar-refractivity contribution >= 4 is 17.5 Å². The van der Waals surface area contributed by atoms with Crippen LogP contribution in [0.5, 0.6) is 5.75 Å². The summed E-state index contributed by atoms with van der Waals surface area (Å²) in [5, 5.41) is 3.00. The van der Waals surface area contributed by atoms with E-state index < -0.39 is 6.10 Å². The maximum atomic E-state index is 12.6. The third-order valence-electron chi connectivity index (χ3n) is 5.33. The molecule has 1 unspecified atom stereocenters. The predicted molar refractivity (Wildman–Crippen MR) is 114 cm³/mol. The molecule has 1 aliphatic rings. The van der Waals surface area contributed by atoms with E-state index >= 15 is 0 Å². The van der Waals surface area contributed by atoms with Crippen LogP contribution < -0.4 is 10.1 Å². The Morgan fingerprint density at radius 2 is 1.69 bits per heavy atom. The van der Waals surface area contributed by atoms with Gasteiger partial charge >= 0.3 is 0 Å². The maximum Gasteiger partial charge on any atom is 0.263 e. The van der Waals surface area contributed by atoms with E-state index in [1.54, 1.807) is 6.92 Å². The lowest BCUT2D eigenvalue weighted by atomic mass is 10.1. The summed E-state index contributed by atoms with van der Waals surface area (Å²) in [6.07, 6.45) is -0.531. The van der Waals surface area contributed by atoms with Gasteiger partial charge in [-0.15, -0.1) is 0 Å². The second-order valence-corrected chi connectivity index (χ2v) is 7.47. The Bertz CT molecular complexity index is 846. The van der Waals surface area contributed by atoms with Crippen LogP contribution in [0, 0.1) is 13.8 Å². The van der Waals surface area contributed by atoms with Gasteiger partial charge in [-0.05, 0) is 50.1 Å². The van der Waals surface area contributed by atoms with Crippen LogP contribution in [0.15, 0.2) is 48.5 Å². The molecule has 154 valence electrons. The summed E-state index contributed by atoms with van der Waals surface area (Å²) in [4.78, 5) is 29.0. The minimum Gasteiger partial charge on any atom is -0.481 e. The molecule has 2 amide bonds. The summed E-state index contributed by atoms with van der Waals surface area (Å²) in [5.41, 5.74) is 3.10. The molecule has 1 heterocycles. The minimum absolute atomic E-state index is 0.0201. The normalized spacial score (nSPS) is 15.6. The summed E-state index contributed by atoms with van der Waals surface area (Å²) in [7, 11) is 0. The molecule has 0 aliphatic carbocycles. The van der Waals surface area contributed by atoms with Crippen LogP contribution in [0.1, 0.15) is 18.1 Å². The van der Waals surface area contributed by atoms with E-state index in [2.05, 4.69) is 10.2 Å². The number of anilines is 1. The molecule has 2 aromatic rings. The van der Waals surface area contributed by atoms with Crippen molar-refractivity contribution in [2.75, 3.05) is 38.0 Å². The molecule has 0 saturated carbocycles. The number of amides is 2. The van der Waals surface area contributed by atoms with Gasteiger partial charge in [-0.3, -0.25) is 14.5 Å². The number of hydrogen-bond acceptors (Lipinski definition) is 4. The van der Waals surface area contributed by atoms with Crippen molar-refractivity contribution in [1.82, 2.24) is 9.80 Å². The number of hydrogen-bond donors (Lipinski definition) is 1. The summed E-state index contributed by atoms with van der Waals surface area (Å²) < 4.78 is 5.74. The van der Waals surface area contributed by atoms with Crippen LogP contribution in [-0.2, 0) is 9.59 Å². The van der Waals surface area contributed by atoms with Crippen LogP contribution >= 0.6 is 0 Å². The zero-order valence-corrected chi connectivity index (χ0v) is 17.4. The number of para-hydroxylation sites is 1. The number of benzene rings is 2. The van der Waals surface area contributed by atoms with Crippen molar-refractivity contribution in [3.05, 3.63) is 59.7 Å².